The number of aliphatic carboxylic acids is 1. The van der Waals surface area contributed by atoms with Crippen LogP contribution >= 0.6 is 0 Å². The highest BCUT2D eigenvalue weighted by molar-refractivity contribution is 5.99. The van der Waals surface area contributed by atoms with Crippen molar-refractivity contribution < 1.29 is 56.1 Å². The Balaban J connectivity index is 3.04. The fourth-order valence-electron chi connectivity index (χ4n) is 4.38. The molecule has 0 radical (unpaired) electrons. The maximum absolute atomic E-state index is 14.3. The first-order chi connectivity index (χ1) is 19.6. The summed E-state index contributed by atoms with van der Waals surface area (Å²) < 4.78 is 72.6. The number of benzene rings is 2. The van der Waals surface area contributed by atoms with Crippen LogP contribution in [0.25, 0.3) is 0 Å². The van der Waals surface area contributed by atoms with Gasteiger partial charge < -0.3 is 30.0 Å². The first-order valence-electron chi connectivity index (χ1n) is 12.9. The summed E-state index contributed by atoms with van der Waals surface area (Å²) in [6, 6.07) is 3.96. The van der Waals surface area contributed by atoms with Crippen molar-refractivity contribution in [3.05, 3.63) is 70.8 Å². The summed E-state index contributed by atoms with van der Waals surface area (Å²) in [4.78, 5) is 53.5. The number of carbonyl (C=O) groups is 4. The van der Waals surface area contributed by atoms with Crippen LogP contribution in [0.2, 0.25) is 0 Å². The monoisotopic (exact) mass is 614 g/mol. The van der Waals surface area contributed by atoms with Gasteiger partial charge in [0.05, 0.1) is 7.11 Å². The number of carbonyl (C=O) groups excluding carboxylic acids is 3. The molecule has 0 saturated carbocycles. The highest BCUT2D eigenvalue weighted by atomic mass is 19.1. The molecule has 14 heteroatoms. The predicted molar refractivity (Wildman–Crippen MR) is 144 cm³/mol. The van der Waals surface area contributed by atoms with E-state index in [9.17, 15) is 41.8 Å². The molecule has 0 bridgehead atoms. The van der Waals surface area contributed by atoms with Crippen LogP contribution in [-0.2, 0) is 36.6 Å². The number of carboxylic acids is 1. The molecule has 0 aliphatic heterocycles. The average molecular weight is 615 g/mol. The number of carboxylic acid groups (broad SMARTS) is 1. The number of hydrogen-bond donors (Lipinski definition) is 3. The van der Waals surface area contributed by atoms with E-state index in [4.69, 9.17) is 14.2 Å². The molecule has 0 spiro atoms. The number of nitrogens with one attached hydrogen (secondary N) is 2. The Hall–Kier alpha value is -4.36. The first kappa shape index (κ1) is 34.8. The van der Waals surface area contributed by atoms with E-state index in [1.165, 1.54) is 41.5 Å². The maximum atomic E-state index is 14.3. The van der Waals surface area contributed by atoms with E-state index in [2.05, 4.69) is 10.6 Å². The highest BCUT2D eigenvalue weighted by Gasteiger charge is 2.65. The minimum Gasteiger partial charge on any atom is -0.479 e. The van der Waals surface area contributed by atoms with Gasteiger partial charge in [-0.25, -0.2) is 36.7 Å². The van der Waals surface area contributed by atoms with Gasteiger partial charge in [-0.3, -0.25) is 0 Å². The lowest BCUT2D eigenvalue weighted by Crippen LogP contribution is -2.80. The molecule has 2 atom stereocenters. The summed E-state index contributed by atoms with van der Waals surface area (Å²) in [5, 5.41) is 15.0. The summed E-state index contributed by atoms with van der Waals surface area (Å²) in [6.45, 7) is 8.69. The molecule has 0 fully saturated rings. The van der Waals surface area contributed by atoms with Crippen molar-refractivity contribution in [2.24, 2.45) is 0 Å². The molecular weight excluding hydrogens is 580 g/mol. The van der Waals surface area contributed by atoms with E-state index in [1.54, 1.807) is 0 Å². The lowest BCUT2D eigenvalue weighted by molar-refractivity contribution is -0.163. The summed E-state index contributed by atoms with van der Waals surface area (Å²) in [5.74, 6) is -8.08. The van der Waals surface area contributed by atoms with Crippen molar-refractivity contribution in [2.75, 3.05) is 7.11 Å². The summed E-state index contributed by atoms with van der Waals surface area (Å²) in [5.41, 5.74) is -9.33. The van der Waals surface area contributed by atoms with Crippen molar-refractivity contribution in [3.8, 4) is 0 Å². The topological polar surface area (TPSA) is 140 Å². The Morgan fingerprint density at radius 3 is 1.28 bits per heavy atom. The number of halogens is 4. The molecule has 43 heavy (non-hydrogen) atoms. The van der Waals surface area contributed by atoms with Crippen LogP contribution in [0, 0.1) is 23.3 Å². The Kier molecular flexibility index (Phi) is 10.4. The number of rotatable bonds is 9. The van der Waals surface area contributed by atoms with Crippen LogP contribution in [0.15, 0.2) is 36.4 Å². The molecule has 0 aromatic heterocycles. The van der Waals surface area contributed by atoms with Crippen molar-refractivity contribution in [3.63, 3.8) is 0 Å². The molecule has 0 heterocycles. The van der Waals surface area contributed by atoms with Crippen LogP contribution in [-0.4, -0.2) is 58.6 Å². The van der Waals surface area contributed by atoms with Crippen LogP contribution in [0.3, 0.4) is 0 Å². The van der Waals surface area contributed by atoms with Gasteiger partial charge in [0.15, 0.2) is 11.1 Å². The molecule has 2 amide bonds. The molecule has 0 saturated heterocycles. The number of esters is 1. The molecule has 0 aliphatic rings. The van der Waals surface area contributed by atoms with Gasteiger partial charge in [-0.1, -0.05) is 0 Å². The molecule has 0 aliphatic carbocycles. The molecule has 2 aromatic rings. The van der Waals surface area contributed by atoms with Crippen molar-refractivity contribution in [1.29, 1.82) is 0 Å². The van der Waals surface area contributed by atoms with Gasteiger partial charge in [-0.2, -0.15) is 0 Å². The third kappa shape index (κ3) is 9.06. The summed E-state index contributed by atoms with van der Waals surface area (Å²) >= 11 is 0. The molecule has 0 unspecified atom stereocenters. The summed E-state index contributed by atoms with van der Waals surface area (Å²) in [6.07, 6.45) is -4.96. The maximum Gasteiger partial charge on any atom is 0.408 e. The van der Waals surface area contributed by atoms with Gasteiger partial charge in [-0.15, -0.1) is 0 Å². The largest absolute Gasteiger partial charge is 0.479 e. The van der Waals surface area contributed by atoms with Crippen LogP contribution < -0.4 is 10.6 Å². The predicted octanol–water partition coefficient (Wildman–Crippen LogP) is 4.81. The lowest BCUT2D eigenvalue weighted by atomic mass is 9.69. The fraction of sp³-hybridized carbons (Fsp3) is 0.448. The van der Waals surface area contributed by atoms with Gasteiger partial charge in [0.2, 0.25) is 0 Å². The van der Waals surface area contributed by atoms with Gasteiger partial charge >= 0.3 is 24.1 Å². The zero-order valence-electron chi connectivity index (χ0n) is 24.7. The fourth-order valence-corrected chi connectivity index (χ4v) is 4.38. The molecule has 236 valence electrons. The van der Waals surface area contributed by atoms with E-state index < -0.39 is 88.1 Å². The minimum atomic E-state index is -3.11. The second kappa shape index (κ2) is 12.9. The zero-order chi connectivity index (χ0) is 33.0. The van der Waals surface area contributed by atoms with Crippen molar-refractivity contribution in [2.45, 2.75) is 76.7 Å². The second-order valence-corrected chi connectivity index (χ2v) is 11.8. The Morgan fingerprint density at radius 2 is 0.977 bits per heavy atom. The van der Waals surface area contributed by atoms with Crippen molar-refractivity contribution in [1.82, 2.24) is 10.6 Å². The number of amides is 2. The van der Waals surface area contributed by atoms with Crippen molar-refractivity contribution >= 4 is 24.1 Å². The molecule has 10 nitrogen and oxygen atoms in total. The second-order valence-electron chi connectivity index (χ2n) is 11.8. The Labute approximate surface area is 245 Å². The normalized spacial score (nSPS) is 14.5. The third-order valence-corrected chi connectivity index (χ3v) is 5.84. The zero-order valence-corrected chi connectivity index (χ0v) is 24.7. The van der Waals surface area contributed by atoms with Crippen LogP contribution in [0.5, 0.6) is 0 Å². The summed E-state index contributed by atoms with van der Waals surface area (Å²) in [7, 11) is 0.821. The standard InChI is InChI=1S/C29H34F4N2O8/c1-26(2,3)42-24(39)34-28(22(36)37,14-16-8-18(30)12-19(31)9-16)29(23(38)41-7,35-25(40)43-27(4,5)6)15-17-10-20(32)13-21(33)11-17/h8-13H,14-15H2,1-7H3,(H,34,39)(H,35,40)(H,36,37)/t28-,29-/m1/s1. The lowest BCUT2D eigenvalue weighted by Gasteiger charge is -2.46. The Bertz CT molecular complexity index is 1350. The number of hydrogen-bond acceptors (Lipinski definition) is 7. The van der Waals surface area contributed by atoms with Crippen LogP contribution in [0.1, 0.15) is 52.7 Å². The molecular formula is C29H34F4N2O8. The number of methoxy groups -OCH3 is 1. The van der Waals surface area contributed by atoms with Gasteiger partial charge in [0.25, 0.3) is 0 Å². The van der Waals surface area contributed by atoms with E-state index in [-0.39, 0.29) is 5.56 Å². The SMILES string of the molecule is COC(=O)[C@@](Cc1cc(F)cc(F)c1)(NC(=O)OC(C)(C)C)[C@](Cc1cc(F)cc(F)c1)(NC(=O)OC(C)(C)C)C(=O)O. The van der Waals surface area contributed by atoms with E-state index in [0.29, 0.717) is 12.1 Å². The van der Waals surface area contributed by atoms with E-state index >= 15 is 0 Å². The molecule has 2 rings (SSSR count). The number of ether oxygens (including phenoxy) is 3. The van der Waals surface area contributed by atoms with E-state index in [0.717, 1.165) is 31.4 Å². The molecule has 2 aromatic carbocycles. The smallest absolute Gasteiger partial charge is 0.408 e. The average Bonchev–Trinajstić information content (AvgIpc) is 2.78. The van der Waals surface area contributed by atoms with Gasteiger partial charge in [-0.05, 0) is 76.9 Å². The molecule has 3 N–H and O–H groups in total. The van der Waals surface area contributed by atoms with Gasteiger partial charge in [0, 0.05) is 25.0 Å². The minimum absolute atomic E-state index is 0.374. The quantitative estimate of drug-likeness (QED) is 0.208. The first-order valence-corrected chi connectivity index (χ1v) is 12.9. The Morgan fingerprint density at radius 1 is 0.651 bits per heavy atom. The number of alkyl carbamates (subject to hydrolysis) is 2. The third-order valence-electron chi connectivity index (χ3n) is 5.84. The highest BCUT2D eigenvalue weighted by Crippen LogP contribution is 2.35. The van der Waals surface area contributed by atoms with E-state index in [1.807, 2.05) is 0 Å². The van der Waals surface area contributed by atoms with Crippen LogP contribution in [0.4, 0.5) is 27.2 Å². The van der Waals surface area contributed by atoms with Gasteiger partial charge in [0.1, 0.15) is 34.5 Å².